The van der Waals surface area contributed by atoms with Gasteiger partial charge in [-0.15, -0.1) is 0 Å². The van der Waals surface area contributed by atoms with Crippen molar-refractivity contribution in [2.45, 2.75) is 12.2 Å². The second kappa shape index (κ2) is 5.24. The molecule has 3 nitrogen and oxygen atoms in total. The lowest BCUT2D eigenvalue weighted by molar-refractivity contribution is -0.137. The Morgan fingerprint density at radius 1 is 1.25 bits per heavy atom. The van der Waals surface area contributed by atoms with E-state index in [0.29, 0.717) is 5.69 Å². The first-order chi connectivity index (χ1) is 9.32. The molecule has 1 N–H and O–H groups in total. The van der Waals surface area contributed by atoms with Crippen LogP contribution in [0.1, 0.15) is 22.9 Å². The van der Waals surface area contributed by atoms with Crippen molar-refractivity contribution in [3.05, 3.63) is 53.1 Å². The molecule has 7 heteroatoms. The molecule has 0 saturated heterocycles. The maximum atomic E-state index is 13.8. The van der Waals surface area contributed by atoms with Crippen LogP contribution in [0.4, 0.5) is 17.6 Å². The molecule has 1 unspecified atom stereocenters. The van der Waals surface area contributed by atoms with E-state index in [4.69, 9.17) is 0 Å². The number of nitrogens with zero attached hydrogens (tertiary/aromatic N) is 2. The smallest absolute Gasteiger partial charge is 0.308 e. The monoisotopic (exact) mass is 287 g/mol. The van der Waals surface area contributed by atoms with Crippen LogP contribution < -0.4 is 5.32 Å². The molecule has 0 aliphatic rings. The lowest BCUT2D eigenvalue weighted by atomic mass is 10.0. The van der Waals surface area contributed by atoms with Crippen molar-refractivity contribution < 1.29 is 17.6 Å². The third kappa shape index (κ3) is 2.82. The topological polar surface area (TPSA) is 29.9 Å². The van der Waals surface area contributed by atoms with E-state index in [1.807, 2.05) is 0 Å². The Bertz CT molecular complexity index is 604. The van der Waals surface area contributed by atoms with Gasteiger partial charge in [-0.2, -0.15) is 18.3 Å². The number of nitrogens with one attached hydrogen (secondary N) is 1. The fourth-order valence-electron chi connectivity index (χ4n) is 1.99. The molecule has 0 radical (unpaired) electrons. The number of alkyl halides is 3. The average molecular weight is 287 g/mol. The number of halogens is 4. The van der Waals surface area contributed by atoms with Gasteiger partial charge < -0.3 is 5.32 Å². The highest BCUT2D eigenvalue weighted by atomic mass is 19.4. The van der Waals surface area contributed by atoms with Crippen molar-refractivity contribution in [3.8, 4) is 0 Å². The first-order valence-electron chi connectivity index (χ1n) is 5.86. The van der Waals surface area contributed by atoms with Crippen LogP contribution in [0.2, 0.25) is 0 Å². The van der Waals surface area contributed by atoms with Crippen LogP contribution in [0, 0.1) is 5.82 Å². The van der Waals surface area contributed by atoms with Gasteiger partial charge in [0.05, 0.1) is 17.3 Å². The SMILES string of the molecule is CNC(c1ccn(C)n1)c1cc(C(F)(F)F)ccc1F. The van der Waals surface area contributed by atoms with Gasteiger partial charge in [-0.1, -0.05) is 0 Å². The van der Waals surface area contributed by atoms with E-state index in [9.17, 15) is 17.6 Å². The number of benzene rings is 1. The van der Waals surface area contributed by atoms with E-state index in [1.54, 1.807) is 26.4 Å². The minimum atomic E-state index is -4.51. The number of rotatable bonds is 3. The summed E-state index contributed by atoms with van der Waals surface area (Å²) in [6, 6.07) is 3.25. The lowest BCUT2D eigenvalue weighted by Crippen LogP contribution is -2.20. The van der Waals surface area contributed by atoms with Crippen LogP contribution in [0.15, 0.2) is 30.5 Å². The van der Waals surface area contributed by atoms with Gasteiger partial charge in [-0.3, -0.25) is 4.68 Å². The summed E-state index contributed by atoms with van der Waals surface area (Å²) in [5.41, 5.74) is -0.515. The summed E-state index contributed by atoms with van der Waals surface area (Å²) in [7, 11) is 3.22. The predicted octanol–water partition coefficient (Wildman–Crippen LogP) is 2.89. The Balaban J connectivity index is 2.49. The molecular formula is C13H13F4N3. The Kier molecular flexibility index (Phi) is 3.80. The van der Waals surface area contributed by atoms with Crippen LogP contribution in [0.25, 0.3) is 0 Å². The first-order valence-corrected chi connectivity index (χ1v) is 5.86. The molecule has 108 valence electrons. The van der Waals surface area contributed by atoms with Crippen molar-refractivity contribution in [1.29, 1.82) is 0 Å². The van der Waals surface area contributed by atoms with Crippen molar-refractivity contribution in [2.24, 2.45) is 7.05 Å². The van der Waals surface area contributed by atoms with Gasteiger partial charge in [0.15, 0.2) is 0 Å². The van der Waals surface area contributed by atoms with Crippen LogP contribution in [0.3, 0.4) is 0 Å². The van der Waals surface area contributed by atoms with Crippen molar-refractivity contribution in [2.75, 3.05) is 7.05 Å². The fraction of sp³-hybridized carbons (Fsp3) is 0.308. The molecule has 0 aliphatic carbocycles. The molecule has 0 amide bonds. The Labute approximate surface area is 113 Å². The molecule has 1 heterocycles. The molecule has 2 rings (SSSR count). The molecule has 20 heavy (non-hydrogen) atoms. The van der Waals surface area contributed by atoms with Crippen LogP contribution >= 0.6 is 0 Å². The van der Waals surface area contributed by atoms with Crippen LogP contribution in [-0.2, 0) is 13.2 Å². The molecule has 0 spiro atoms. The third-order valence-corrected chi connectivity index (χ3v) is 2.95. The first kappa shape index (κ1) is 14.5. The summed E-state index contributed by atoms with van der Waals surface area (Å²) in [6.07, 6.45) is -2.87. The van der Waals surface area contributed by atoms with Gasteiger partial charge >= 0.3 is 6.18 Å². The highest BCUT2D eigenvalue weighted by Gasteiger charge is 2.32. The molecule has 0 aliphatic heterocycles. The standard InChI is InChI=1S/C13H13F4N3/c1-18-12(11-5-6-20(2)19-11)9-7-8(13(15,16)17)3-4-10(9)14/h3-7,12,18H,1-2H3. The summed E-state index contributed by atoms with van der Waals surface area (Å²) in [5.74, 6) is -0.706. The zero-order chi connectivity index (χ0) is 14.9. The molecule has 1 aromatic carbocycles. The fourth-order valence-corrected chi connectivity index (χ4v) is 1.99. The lowest BCUT2D eigenvalue weighted by Gasteiger charge is -2.17. The van der Waals surface area contributed by atoms with Gasteiger partial charge in [0.2, 0.25) is 0 Å². The maximum Gasteiger partial charge on any atom is 0.416 e. The minimum Gasteiger partial charge on any atom is -0.308 e. The van der Waals surface area contributed by atoms with Crippen molar-refractivity contribution in [1.82, 2.24) is 15.1 Å². The van der Waals surface area contributed by atoms with Crippen molar-refractivity contribution in [3.63, 3.8) is 0 Å². The predicted molar refractivity (Wildman–Crippen MR) is 65.5 cm³/mol. The summed E-state index contributed by atoms with van der Waals surface area (Å²) < 4.78 is 53.5. The van der Waals surface area contributed by atoms with E-state index in [2.05, 4.69) is 10.4 Å². The number of aryl methyl sites for hydroxylation is 1. The number of aromatic nitrogens is 2. The third-order valence-electron chi connectivity index (χ3n) is 2.95. The molecule has 0 saturated carbocycles. The van der Waals surface area contributed by atoms with Crippen molar-refractivity contribution >= 4 is 0 Å². The average Bonchev–Trinajstić information content (AvgIpc) is 2.77. The van der Waals surface area contributed by atoms with E-state index < -0.39 is 23.6 Å². The summed E-state index contributed by atoms with van der Waals surface area (Å²) in [4.78, 5) is 0. The van der Waals surface area contributed by atoms with Crippen LogP contribution in [0.5, 0.6) is 0 Å². The molecule has 0 bridgehead atoms. The van der Waals surface area contributed by atoms with E-state index >= 15 is 0 Å². The normalized spacial score (nSPS) is 13.5. The Morgan fingerprint density at radius 2 is 1.95 bits per heavy atom. The summed E-state index contributed by atoms with van der Waals surface area (Å²) in [5, 5.41) is 6.88. The number of hydrogen-bond donors (Lipinski definition) is 1. The van der Waals surface area contributed by atoms with E-state index in [1.165, 1.54) is 4.68 Å². The number of hydrogen-bond acceptors (Lipinski definition) is 2. The molecule has 2 aromatic rings. The zero-order valence-corrected chi connectivity index (χ0v) is 10.9. The molecule has 1 atom stereocenters. The van der Waals surface area contributed by atoms with Gasteiger partial charge in [0, 0.05) is 18.8 Å². The van der Waals surface area contributed by atoms with Gasteiger partial charge in [-0.25, -0.2) is 4.39 Å². The van der Waals surface area contributed by atoms with Crippen LogP contribution in [-0.4, -0.2) is 16.8 Å². The zero-order valence-electron chi connectivity index (χ0n) is 10.9. The molecule has 0 fully saturated rings. The molecular weight excluding hydrogens is 274 g/mol. The van der Waals surface area contributed by atoms with Gasteiger partial charge in [-0.05, 0) is 31.3 Å². The second-order valence-corrected chi connectivity index (χ2v) is 4.37. The quantitative estimate of drug-likeness (QED) is 0.880. The van der Waals surface area contributed by atoms with E-state index in [0.717, 1.165) is 18.2 Å². The van der Waals surface area contributed by atoms with E-state index in [-0.39, 0.29) is 5.56 Å². The highest BCUT2D eigenvalue weighted by molar-refractivity contribution is 5.33. The largest absolute Gasteiger partial charge is 0.416 e. The Morgan fingerprint density at radius 3 is 2.45 bits per heavy atom. The van der Waals surface area contributed by atoms with Gasteiger partial charge in [0.1, 0.15) is 5.82 Å². The van der Waals surface area contributed by atoms with Gasteiger partial charge in [0.25, 0.3) is 0 Å². The summed E-state index contributed by atoms with van der Waals surface area (Å²) in [6.45, 7) is 0. The Hall–Kier alpha value is -1.89. The minimum absolute atomic E-state index is 0.0824. The summed E-state index contributed by atoms with van der Waals surface area (Å²) >= 11 is 0. The highest BCUT2D eigenvalue weighted by Crippen LogP contribution is 2.33. The molecule has 1 aromatic heterocycles. The maximum absolute atomic E-state index is 13.8. The second-order valence-electron chi connectivity index (χ2n) is 4.37.